The average Bonchev–Trinajstić information content (AvgIpc) is 2.53. The predicted octanol–water partition coefficient (Wildman–Crippen LogP) is 1.72. The van der Waals surface area contributed by atoms with Crippen LogP contribution in [0.1, 0.15) is 30.1 Å². The highest BCUT2D eigenvalue weighted by Gasteiger charge is 2.20. The molecule has 0 aliphatic carbocycles. The van der Waals surface area contributed by atoms with E-state index in [2.05, 4.69) is 27.4 Å². The van der Waals surface area contributed by atoms with Crippen LogP contribution in [0.2, 0.25) is 0 Å². The maximum Gasteiger partial charge on any atom is 0.255 e. The normalized spacial score (nSPS) is 16.7. The second-order valence-corrected chi connectivity index (χ2v) is 5.39. The van der Waals surface area contributed by atoms with Crippen molar-refractivity contribution < 1.29 is 9.18 Å². The highest BCUT2D eigenvalue weighted by atomic mass is 19.1. The Morgan fingerprint density at radius 2 is 2.19 bits per heavy atom. The minimum absolute atomic E-state index is 0.253. The Morgan fingerprint density at radius 1 is 1.48 bits per heavy atom. The molecular weight excluding hydrogens is 271 g/mol. The zero-order valence-corrected chi connectivity index (χ0v) is 12.7. The summed E-state index contributed by atoms with van der Waals surface area (Å²) in [6.07, 6.45) is 3.28. The third-order valence-corrected chi connectivity index (χ3v) is 4.04. The summed E-state index contributed by atoms with van der Waals surface area (Å²) in [4.78, 5) is 18.5. The molecule has 0 bridgehead atoms. The van der Waals surface area contributed by atoms with E-state index in [9.17, 15) is 9.18 Å². The summed E-state index contributed by atoms with van der Waals surface area (Å²) in [6, 6.07) is 1.22. The minimum atomic E-state index is -0.504. The van der Waals surface area contributed by atoms with Gasteiger partial charge in [0, 0.05) is 13.6 Å². The number of hydrogen-bond donors (Lipinski definition) is 2. The lowest BCUT2D eigenvalue weighted by atomic mass is 9.97. The maximum absolute atomic E-state index is 13.2. The highest BCUT2D eigenvalue weighted by molar-refractivity contribution is 5.98. The molecule has 2 rings (SSSR count). The van der Waals surface area contributed by atoms with Crippen molar-refractivity contribution in [3.8, 4) is 0 Å². The molecule has 0 aromatic carbocycles. The SMILES string of the molecule is CCN1CCC(CNC(=O)c2cc(F)cnc2NC)CC1. The summed E-state index contributed by atoms with van der Waals surface area (Å²) in [5.41, 5.74) is 0.253. The maximum atomic E-state index is 13.2. The quantitative estimate of drug-likeness (QED) is 0.868. The van der Waals surface area contributed by atoms with Crippen molar-refractivity contribution in [3.63, 3.8) is 0 Å². The van der Waals surface area contributed by atoms with Crippen LogP contribution in [0.4, 0.5) is 10.2 Å². The number of amides is 1. The standard InChI is InChI=1S/C15H23FN4O/c1-3-20-6-4-11(5-7-20)9-19-15(21)13-8-12(16)10-18-14(13)17-2/h8,10-11H,3-7,9H2,1-2H3,(H,17,18)(H,19,21). The van der Waals surface area contributed by atoms with E-state index >= 15 is 0 Å². The van der Waals surface area contributed by atoms with Crippen LogP contribution in [0.15, 0.2) is 12.3 Å². The summed E-state index contributed by atoms with van der Waals surface area (Å²) in [5.74, 6) is 0.116. The van der Waals surface area contributed by atoms with E-state index in [0.29, 0.717) is 18.3 Å². The van der Waals surface area contributed by atoms with E-state index in [-0.39, 0.29) is 11.5 Å². The molecule has 1 aromatic heterocycles. The number of piperidine rings is 1. The van der Waals surface area contributed by atoms with Gasteiger partial charge in [-0.05, 0) is 44.5 Å². The first-order valence-corrected chi connectivity index (χ1v) is 7.48. The zero-order valence-electron chi connectivity index (χ0n) is 12.7. The van der Waals surface area contributed by atoms with Gasteiger partial charge >= 0.3 is 0 Å². The molecule has 21 heavy (non-hydrogen) atoms. The van der Waals surface area contributed by atoms with E-state index in [1.165, 1.54) is 6.07 Å². The van der Waals surface area contributed by atoms with Crippen molar-refractivity contribution >= 4 is 11.7 Å². The molecule has 2 N–H and O–H groups in total. The van der Waals surface area contributed by atoms with Gasteiger partial charge in [0.15, 0.2) is 0 Å². The molecule has 1 saturated heterocycles. The molecule has 1 amide bonds. The van der Waals surface area contributed by atoms with Crippen LogP contribution in [-0.4, -0.2) is 49.0 Å². The van der Waals surface area contributed by atoms with Crippen molar-refractivity contribution in [2.75, 3.05) is 38.5 Å². The second kappa shape index (κ2) is 7.36. The summed E-state index contributed by atoms with van der Waals surface area (Å²) in [7, 11) is 1.66. The van der Waals surface area contributed by atoms with Gasteiger partial charge in [-0.1, -0.05) is 6.92 Å². The smallest absolute Gasteiger partial charge is 0.255 e. The number of anilines is 1. The van der Waals surface area contributed by atoms with Crippen molar-refractivity contribution in [1.29, 1.82) is 0 Å². The summed E-state index contributed by atoms with van der Waals surface area (Å²) in [5, 5.41) is 5.71. The first kappa shape index (κ1) is 15.7. The van der Waals surface area contributed by atoms with E-state index in [1.807, 2.05) is 0 Å². The average molecular weight is 294 g/mol. The fourth-order valence-corrected chi connectivity index (χ4v) is 2.65. The second-order valence-electron chi connectivity index (χ2n) is 5.39. The number of carbonyl (C=O) groups is 1. The van der Waals surface area contributed by atoms with Gasteiger partial charge in [-0.2, -0.15) is 0 Å². The molecule has 116 valence electrons. The molecule has 2 heterocycles. The van der Waals surface area contributed by atoms with Crippen molar-refractivity contribution in [2.24, 2.45) is 5.92 Å². The number of rotatable bonds is 5. The largest absolute Gasteiger partial charge is 0.372 e. The van der Waals surface area contributed by atoms with Gasteiger partial charge in [-0.15, -0.1) is 0 Å². The molecule has 1 fully saturated rings. The first-order valence-electron chi connectivity index (χ1n) is 7.48. The monoisotopic (exact) mass is 294 g/mol. The Morgan fingerprint density at radius 3 is 2.81 bits per heavy atom. The van der Waals surface area contributed by atoms with Gasteiger partial charge in [-0.3, -0.25) is 4.79 Å². The topological polar surface area (TPSA) is 57.3 Å². The Balaban J connectivity index is 1.89. The fraction of sp³-hybridized carbons (Fsp3) is 0.600. The highest BCUT2D eigenvalue weighted by Crippen LogP contribution is 2.17. The Bertz CT molecular complexity index is 487. The van der Waals surface area contributed by atoms with E-state index in [1.54, 1.807) is 7.05 Å². The van der Waals surface area contributed by atoms with Crippen LogP contribution in [-0.2, 0) is 0 Å². The lowest BCUT2D eigenvalue weighted by Gasteiger charge is -2.31. The zero-order chi connectivity index (χ0) is 15.2. The number of halogens is 1. The van der Waals surface area contributed by atoms with Crippen molar-refractivity contribution in [2.45, 2.75) is 19.8 Å². The molecule has 0 spiro atoms. The molecule has 6 heteroatoms. The Hall–Kier alpha value is -1.69. The van der Waals surface area contributed by atoms with Crippen LogP contribution in [0.5, 0.6) is 0 Å². The lowest BCUT2D eigenvalue weighted by molar-refractivity contribution is 0.0937. The summed E-state index contributed by atoms with van der Waals surface area (Å²) < 4.78 is 13.2. The number of carbonyl (C=O) groups excluding carboxylic acids is 1. The number of nitrogens with zero attached hydrogens (tertiary/aromatic N) is 2. The number of likely N-dealkylation sites (tertiary alicyclic amines) is 1. The molecule has 1 aliphatic rings. The third-order valence-electron chi connectivity index (χ3n) is 4.04. The molecule has 1 aromatic rings. The molecule has 0 saturated carbocycles. The van der Waals surface area contributed by atoms with Crippen LogP contribution in [0, 0.1) is 11.7 Å². The Labute approximate surface area is 124 Å². The molecule has 1 aliphatic heterocycles. The van der Waals surface area contributed by atoms with Gasteiger partial charge in [0.1, 0.15) is 11.6 Å². The number of aromatic nitrogens is 1. The van der Waals surface area contributed by atoms with Crippen LogP contribution in [0.25, 0.3) is 0 Å². The number of nitrogens with one attached hydrogen (secondary N) is 2. The van der Waals surface area contributed by atoms with Crippen molar-refractivity contribution in [1.82, 2.24) is 15.2 Å². The van der Waals surface area contributed by atoms with Crippen LogP contribution in [0.3, 0.4) is 0 Å². The number of hydrogen-bond acceptors (Lipinski definition) is 4. The first-order chi connectivity index (χ1) is 10.1. The van der Waals surface area contributed by atoms with Gasteiger partial charge < -0.3 is 15.5 Å². The van der Waals surface area contributed by atoms with Gasteiger partial charge in [0.25, 0.3) is 5.91 Å². The molecule has 5 nitrogen and oxygen atoms in total. The van der Waals surface area contributed by atoms with Gasteiger partial charge in [0.05, 0.1) is 11.8 Å². The molecule has 0 unspecified atom stereocenters. The summed E-state index contributed by atoms with van der Waals surface area (Å²) in [6.45, 7) is 6.05. The van der Waals surface area contributed by atoms with Gasteiger partial charge in [-0.25, -0.2) is 9.37 Å². The molecule has 0 radical (unpaired) electrons. The molecular formula is C15H23FN4O. The van der Waals surface area contributed by atoms with E-state index in [4.69, 9.17) is 0 Å². The van der Waals surface area contributed by atoms with Crippen LogP contribution >= 0.6 is 0 Å². The van der Waals surface area contributed by atoms with Gasteiger partial charge in [0.2, 0.25) is 0 Å². The number of pyridine rings is 1. The lowest BCUT2D eigenvalue weighted by Crippen LogP contribution is -2.38. The summed E-state index contributed by atoms with van der Waals surface area (Å²) >= 11 is 0. The van der Waals surface area contributed by atoms with Crippen LogP contribution < -0.4 is 10.6 Å². The van der Waals surface area contributed by atoms with Crippen molar-refractivity contribution in [3.05, 3.63) is 23.6 Å². The Kier molecular flexibility index (Phi) is 5.50. The fourth-order valence-electron chi connectivity index (χ4n) is 2.65. The van der Waals surface area contributed by atoms with E-state index in [0.717, 1.165) is 38.7 Å². The molecule has 0 atom stereocenters. The minimum Gasteiger partial charge on any atom is -0.372 e. The predicted molar refractivity (Wildman–Crippen MR) is 80.9 cm³/mol. The van der Waals surface area contributed by atoms with E-state index < -0.39 is 5.82 Å². The third kappa shape index (κ3) is 4.14.